The molecule has 1 aromatic rings. The van der Waals surface area contributed by atoms with Crippen LogP contribution in [0.1, 0.15) is 42.6 Å². The number of benzene rings is 1. The van der Waals surface area contributed by atoms with Crippen LogP contribution in [0.3, 0.4) is 0 Å². The molecule has 1 aromatic carbocycles. The van der Waals surface area contributed by atoms with E-state index in [1.165, 1.54) is 0 Å². The third kappa shape index (κ3) is 2.90. The smallest absolute Gasteiger partial charge is 0.299 e. The van der Waals surface area contributed by atoms with E-state index in [4.69, 9.17) is 0 Å². The molecule has 0 fully saturated rings. The zero-order valence-corrected chi connectivity index (χ0v) is 12.2. The molecular weight excluding hydrogens is 252 g/mol. The minimum absolute atomic E-state index is 0.364. The van der Waals surface area contributed by atoms with Crippen molar-refractivity contribution in [3.63, 3.8) is 0 Å². The Labute approximate surface area is 120 Å². The highest BCUT2D eigenvalue weighted by molar-refractivity contribution is 6.52. The van der Waals surface area contributed by atoms with Gasteiger partial charge in [-0.05, 0) is 50.0 Å². The summed E-state index contributed by atoms with van der Waals surface area (Å²) in [6.07, 6.45) is 2.83. The molecule has 0 unspecified atom stereocenters. The second-order valence-electron chi connectivity index (χ2n) is 5.09. The highest BCUT2D eigenvalue weighted by atomic mass is 16.2. The molecule has 1 N–H and O–H groups in total. The summed E-state index contributed by atoms with van der Waals surface area (Å²) in [6, 6.07) is 5.74. The number of nitrogens with zero attached hydrogens (tertiary/aromatic N) is 1. The minimum atomic E-state index is -0.385. The standard InChI is InChI=1S/C16H22N2O2/c1-3-8-17-9-5-10-18-14-7-6-12(4-2)11-13(14)15(19)16(18)20/h6-7,11,17H,3-5,8-10H2,1-2H3. The molecule has 4 nitrogen and oxygen atoms in total. The number of carbonyl (C=O) groups is 2. The van der Waals surface area contributed by atoms with Gasteiger partial charge < -0.3 is 10.2 Å². The molecule has 0 bridgehead atoms. The summed E-state index contributed by atoms with van der Waals surface area (Å²) in [5.41, 5.74) is 2.43. The van der Waals surface area contributed by atoms with Gasteiger partial charge in [0.2, 0.25) is 0 Å². The van der Waals surface area contributed by atoms with Gasteiger partial charge in [-0.2, -0.15) is 0 Å². The monoisotopic (exact) mass is 274 g/mol. The summed E-state index contributed by atoms with van der Waals surface area (Å²) in [5.74, 6) is -0.749. The predicted octanol–water partition coefficient (Wildman–Crippen LogP) is 2.17. The van der Waals surface area contributed by atoms with E-state index in [9.17, 15) is 9.59 Å². The lowest BCUT2D eigenvalue weighted by molar-refractivity contribution is -0.114. The maximum atomic E-state index is 12.0. The number of nitrogens with one attached hydrogen (secondary N) is 1. The zero-order chi connectivity index (χ0) is 14.5. The van der Waals surface area contributed by atoms with Gasteiger partial charge >= 0.3 is 0 Å². The van der Waals surface area contributed by atoms with Crippen LogP contribution in [0.2, 0.25) is 0 Å². The number of hydrogen-bond donors (Lipinski definition) is 1. The Morgan fingerprint density at radius 3 is 2.65 bits per heavy atom. The van der Waals surface area contributed by atoms with Gasteiger partial charge in [-0.1, -0.05) is 19.9 Å². The van der Waals surface area contributed by atoms with Crippen LogP contribution in [0.25, 0.3) is 0 Å². The minimum Gasteiger partial charge on any atom is -0.317 e. The molecular formula is C16H22N2O2. The maximum Gasteiger partial charge on any atom is 0.299 e. The van der Waals surface area contributed by atoms with Gasteiger partial charge in [-0.3, -0.25) is 9.59 Å². The van der Waals surface area contributed by atoms with Gasteiger partial charge in [-0.15, -0.1) is 0 Å². The quantitative estimate of drug-likeness (QED) is 0.612. The molecule has 0 aromatic heterocycles. The molecule has 0 saturated carbocycles. The number of amides is 1. The first-order valence-corrected chi connectivity index (χ1v) is 7.38. The van der Waals surface area contributed by atoms with E-state index < -0.39 is 0 Å². The van der Waals surface area contributed by atoms with E-state index in [1.54, 1.807) is 4.90 Å². The number of ketones is 1. The van der Waals surface area contributed by atoms with Gasteiger partial charge in [0.05, 0.1) is 11.3 Å². The van der Waals surface area contributed by atoms with Crippen LogP contribution in [0.5, 0.6) is 0 Å². The third-order valence-corrected chi connectivity index (χ3v) is 3.61. The van der Waals surface area contributed by atoms with Gasteiger partial charge in [-0.25, -0.2) is 0 Å². The number of hydrogen-bond acceptors (Lipinski definition) is 3. The molecule has 20 heavy (non-hydrogen) atoms. The van der Waals surface area contributed by atoms with Crippen molar-refractivity contribution in [2.45, 2.75) is 33.1 Å². The largest absolute Gasteiger partial charge is 0.317 e. The average Bonchev–Trinajstić information content (AvgIpc) is 2.71. The zero-order valence-electron chi connectivity index (χ0n) is 12.2. The molecule has 0 saturated heterocycles. The third-order valence-electron chi connectivity index (χ3n) is 3.61. The van der Waals surface area contributed by atoms with Gasteiger partial charge in [0, 0.05) is 6.54 Å². The number of Topliss-reactive ketones (excluding diaryl/α,β-unsaturated/α-hetero) is 1. The first kappa shape index (κ1) is 14.7. The van der Waals surface area contributed by atoms with Crippen molar-refractivity contribution in [2.75, 3.05) is 24.5 Å². The van der Waals surface area contributed by atoms with E-state index in [1.807, 2.05) is 25.1 Å². The summed E-state index contributed by atoms with van der Waals surface area (Å²) in [7, 11) is 0. The lowest BCUT2D eigenvalue weighted by Gasteiger charge is -2.16. The highest BCUT2D eigenvalue weighted by Gasteiger charge is 2.35. The van der Waals surface area contributed by atoms with Crippen molar-refractivity contribution in [3.05, 3.63) is 29.3 Å². The van der Waals surface area contributed by atoms with Crippen molar-refractivity contribution >= 4 is 17.4 Å². The van der Waals surface area contributed by atoms with E-state index in [2.05, 4.69) is 12.2 Å². The Hall–Kier alpha value is -1.68. The van der Waals surface area contributed by atoms with Gasteiger partial charge in [0.15, 0.2) is 0 Å². The summed E-state index contributed by atoms with van der Waals surface area (Å²) in [4.78, 5) is 25.7. The number of carbonyl (C=O) groups excluding carboxylic acids is 2. The van der Waals surface area contributed by atoms with Crippen molar-refractivity contribution in [1.29, 1.82) is 0 Å². The van der Waals surface area contributed by atoms with Crippen LogP contribution >= 0.6 is 0 Å². The summed E-state index contributed by atoms with van der Waals surface area (Å²) in [5, 5.41) is 3.30. The van der Waals surface area contributed by atoms with E-state index in [0.717, 1.165) is 43.6 Å². The molecule has 0 aliphatic carbocycles. The summed E-state index contributed by atoms with van der Waals surface area (Å²) >= 11 is 0. The highest BCUT2D eigenvalue weighted by Crippen LogP contribution is 2.29. The second-order valence-corrected chi connectivity index (χ2v) is 5.09. The Bertz CT molecular complexity index is 511. The topological polar surface area (TPSA) is 49.4 Å². The Morgan fingerprint density at radius 2 is 1.95 bits per heavy atom. The first-order valence-electron chi connectivity index (χ1n) is 7.38. The average molecular weight is 274 g/mol. The van der Waals surface area contributed by atoms with Crippen LogP contribution in [-0.2, 0) is 11.2 Å². The first-order chi connectivity index (χ1) is 9.69. The molecule has 0 radical (unpaired) electrons. The number of rotatable bonds is 7. The van der Waals surface area contributed by atoms with E-state index in [0.29, 0.717) is 12.1 Å². The number of fused-ring (bicyclic) bond motifs is 1. The van der Waals surface area contributed by atoms with Crippen LogP contribution in [0.4, 0.5) is 5.69 Å². The van der Waals surface area contributed by atoms with Crippen LogP contribution in [0.15, 0.2) is 18.2 Å². The number of anilines is 1. The van der Waals surface area contributed by atoms with Crippen molar-refractivity contribution < 1.29 is 9.59 Å². The number of aryl methyl sites for hydroxylation is 1. The fourth-order valence-corrected chi connectivity index (χ4v) is 2.45. The van der Waals surface area contributed by atoms with Crippen LogP contribution in [0, 0.1) is 0 Å². The van der Waals surface area contributed by atoms with Crippen molar-refractivity contribution in [1.82, 2.24) is 5.32 Å². The lowest BCUT2D eigenvalue weighted by atomic mass is 10.1. The van der Waals surface area contributed by atoms with E-state index in [-0.39, 0.29) is 11.7 Å². The van der Waals surface area contributed by atoms with Crippen molar-refractivity contribution in [2.24, 2.45) is 0 Å². The fourth-order valence-electron chi connectivity index (χ4n) is 2.45. The van der Waals surface area contributed by atoms with Crippen LogP contribution < -0.4 is 10.2 Å². The maximum absolute atomic E-state index is 12.0. The van der Waals surface area contributed by atoms with E-state index >= 15 is 0 Å². The molecule has 1 amide bonds. The molecule has 1 aliphatic heterocycles. The normalized spacial score (nSPS) is 14.0. The Morgan fingerprint density at radius 1 is 1.15 bits per heavy atom. The fraction of sp³-hybridized carbons (Fsp3) is 0.500. The second kappa shape index (κ2) is 6.66. The predicted molar refractivity (Wildman–Crippen MR) is 80.3 cm³/mol. The van der Waals surface area contributed by atoms with Crippen LogP contribution in [-0.4, -0.2) is 31.3 Å². The van der Waals surface area contributed by atoms with Gasteiger partial charge in [0.1, 0.15) is 0 Å². The molecule has 1 heterocycles. The Balaban J connectivity index is 2.05. The molecule has 0 spiro atoms. The van der Waals surface area contributed by atoms with Gasteiger partial charge in [0.25, 0.3) is 11.7 Å². The lowest BCUT2D eigenvalue weighted by Crippen LogP contribution is -2.32. The van der Waals surface area contributed by atoms with Crippen molar-refractivity contribution in [3.8, 4) is 0 Å². The molecule has 108 valence electrons. The molecule has 2 rings (SSSR count). The SMILES string of the molecule is CCCNCCCN1C(=O)C(=O)c2cc(CC)ccc21. The molecule has 0 atom stereocenters. The molecule has 1 aliphatic rings. The Kier molecular flexibility index (Phi) is 4.90. The summed E-state index contributed by atoms with van der Waals surface area (Å²) in [6.45, 7) is 6.62. The molecule has 4 heteroatoms. The summed E-state index contributed by atoms with van der Waals surface area (Å²) < 4.78 is 0.